The topological polar surface area (TPSA) is 58.6 Å². The molecule has 1 aromatic rings. The Balaban J connectivity index is 1.12. The lowest BCUT2D eigenvalue weighted by atomic mass is 9.48. The summed E-state index contributed by atoms with van der Waals surface area (Å²) in [7, 11) is 1.52. The molecule has 0 radical (unpaired) electrons. The van der Waals surface area contributed by atoms with Crippen LogP contribution in [0.1, 0.15) is 63.9 Å². The zero-order valence-corrected chi connectivity index (χ0v) is 21.3. The van der Waals surface area contributed by atoms with Crippen molar-refractivity contribution in [2.45, 2.75) is 69.9 Å². The van der Waals surface area contributed by atoms with Gasteiger partial charge in [0, 0.05) is 24.2 Å². The number of ether oxygens (including phenoxy) is 1. The number of rotatable bonds is 5. The molecule has 5 atom stereocenters. The van der Waals surface area contributed by atoms with Crippen molar-refractivity contribution in [1.29, 1.82) is 0 Å². The number of carbonyl (C=O) groups excluding carboxylic acids is 2. The molecule has 7 rings (SSSR count). The summed E-state index contributed by atoms with van der Waals surface area (Å²) in [6.45, 7) is 6.16. The minimum atomic E-state index is -0.531. The molecule has 184 valence electrons. The summed E-state index contributed by atoms with van der Waals surface area (Å²) in [5.74, 6) is 3.40. The van der Waals surface area contributed by atoms with Gasteiger partial charge >= 0.3 is 5.97 Å². The van der Waals surface area contributed by atoms with Crippen LogP contribution >= 0.6 is 11.6 Å². The quantitative estimate of drug-likeness (QED) is 0.618. The van der Waals surface area contributed by atoms with Crippen LogP contribution in [0.5, 0.6) is 0 Å². The largest absolute Gasteiger partial charge is 0.469 e. The Kier molecular flexibility index (Phi) is 5.35. The molecule has 1 aliphatic heterocycles. The standard InChI is InChI=1S/C28H37ClN2O3/c1-27(2,31-14-20-10-22(23(20)15-31)17-4-6-21(29)7-5-17)25(32)30-24-18-8-16-9-19(24)13-28(11-16,12-18)26(33)34-3/h4-7,16,18-20,22-24H,8-15H2,1-3H3,(H,30,32)/t16?,18?,19?,20-,22-,23+,24?,28?/m0/s1. The van der Waals surface area contributed by atoms with Crippen molar-refractivity contribution in [3.63, 3.8) is 0 Å². The van der Waals surface area contributed by atoms with E-state index in [1.54, 1.807) is 0 Å². The highest BCUT2D eigenvalue weighted by atomic mass is 35.5. The van der Waals surface area contributed by atoms with Crippen LogP contribution in [-0.4, -0.2) is 48.6 Å². The summed E-state index contributed by atoms with van der Waals surface area (Å²) >= 11 is 6.09. The summed E-state index contributed by atoms with van der Waals surface area (Å²) in [4.78, 5) is 28.7. The smallest absolute Gasteiger partial charge is 0.311 e. The van der Waals surface area contributed by atoms with E-state index in [-0.39, 0.29) is 23.3 Å². The number of hydrogen-bond acceptors (Lipinski definition) is 4. The van der Waals surface area contributed by atoms with Crippen LogP contribution < -0.4 is 5.32 Å². The fraction of sp³-hybridized carbons (Fsp3) is 0.714. The minimum Gasteiger partial charge on any atom is -0.469 e. The Labute approximate surface area is 207 Å². The number of esters is 1. The van der Waals surface area contributed by atoms with Gasteiger partial charge in [0.1, 0.15) is 0 Å². The van der Waals surface area contributed by atoms with E-state index in [1.165, 1.54) is 19.1 Å². The third-order valence-corrected chi connectivity index (χ3v) is 10.7. The van der Waals surface area contributed by atoms with E-state index in [4.69, 9.17) is 16.3 Å². The molecule has 6 aliphatic rings. The van der Waals surface area contributed by atoms with Gasteiger partial charge in [-0.2, -0.15) is 0 Å². The Morgan fingerprint density at radius 2 is 1.71 bits per heavy atom. The van der Waals surface area contributed by atoms with Crippen LogP contribution in [0.4, 0.5) is 0 Å². The summed E-state index contributed by atoms with van der Waals surface area (Å²) in [6.07, 6.45) is 6.19. The first-order chi connectivity index (χ1) is 16.2. The van der Waals surface area contributed by atoms with Crippen molar-refractivity contribution < 1.29 is 14.3 Å². The molecular weight excluding hydrogens is 448 g/mol. The van der Waals surface area contributed by atoms with E-state index < -0.39 is 5.54 Å². The average Bonchev–Trinajstić information content (AvgIpc) is 3.13. The molecule has 5 nitrogen and oxygen atoms in total. The second-order valence-electron chi connectivity index (χ2n) is 12.5. The van der Waals surface area contributed by atoms with E-state index in [1.807, 2.05) is 12.1 Å². The summed E-state index contributed by atoms with van der Waals surface area (Å²) in [6, 6.07) is 8.50. The molecule has 6 heteroatoms. The monoisotopic (exact) mass is 484 g/mol. The van der Waals surface area contributed by atoms with Crippen molar-refractivity contribution in [3.05, 3.63) is 34.9 Å². The third kappa shape index (κ3) is 3.44. The second kappa shape index (κ2) is 7.96. The van der Waals surface area contributed by atoms with Gasteiger partial charge in [0.05, 0.1) is 18.1 Å². The van der Waals surface area contributed by atoms with Gasteiger partial charge < -0.3 is 10.1 Å². The fourth-order valence-corrected chi connectivity index (χ4v) is 8.78. The number of carbonyl (C=O) groups is 2. The Morgan fingerprint density at radius 1 is 1.03 bits per heavy atom. The number of methoxy groups -OCH3 is 1. The first-order valence-corrected chi connectivity index (χ1v) is 13.5. The molecule has 4 bridgehead atoms. The molecule has 0 aromatic heterocycles. The SMILES string of the molecule is COC(=O)C12CC3CC(C1)C(NC(=O)C(C)(C)N1C[C@@H]4C[C@@H](c5ccc(Cl)cc5)[C@@H]4C1)C(C3)C2. The van der Waals surface area contributed by atoms with Gasteiger partial charge in [-0.1, -0.05) is 23.7 Å². The molecule has 34 heavy (non-hydrogen) atoms. The van der Waals surface area contributed by atoms with E-state index in [0.29, 0.717) is 35.5 Å². The molecule has 0 spiro atoms. The molecular formula is C28H37ClN2O3. The highest BCUT2D eigenvalue weighted by Crippen LogP contribution is 2.60. The van der Waals surface area contributed by atoms with Crippen LogP contribution in [0.25, 0.3) is 0 Å². The zero-order valence-electron chi connectivity index (χ0n) is 20.6. The van der Waals surface area contributed by atoms with Crippen molar-refractivity contribution >= 4 is 23.5 Å². The van der Waals surface area contributed by atoms with Crippen molar-refractivity contribution in [2.24, 2.45) is 35.0 Å². The molecule has 1 saturated heterocycles. The maximum absolute atomic E-state index is 13.7. The van der Waals surface area contributed by atoms with E-state index in [9.17, 15) is 9.59 Å². The lowest BCUT2D eigenvalue weighted by molar-refractivity contribution is -0.171. The molecule has 5 saturated carbocycles. The summed E-state index contributed by atoms with van der Waals surface area (Å²) < 4.78 is 5.21. The number of nitrogens with one attached hydrogen (secondary N) is 1. The average molecular weight is 485 g/mol. The lowest BCUT2D eigenvalue weighted by Gasteiger charge is -2.59. The highest BCUT2D eigenvalue weighted by Gasteiger charge is 2.60. The number of nitrogens with zero attached hydrogens (tertiary/aromatic N) is 1. The van der Waals surface area contributed by atoms with Crippen LogP contribution in [0.3, 0.4) is 0 Å². The predicted molar refractivity (Wildman–Crippen MR) is 131 cm³/mol. The first kappa shape index (κ1) is 22.8. The van der Waals surface area contributed by atoms with Crippen molar-refractivity contribution in [2.75, 3.05) is 20.2 Å². The van der Waals surface area contributed by atoms with E-state index in [0.717, 1.165) is 50.2 Å². The normalized spacial score (nSPS) is 40.5. The van der Waals surface area contributed by atoms with Gasteiger partial charge in [-0.15, -0.1) is 0 Å². The van der Waals surface area contributed by atoms with Crippen molar-refractivity contribution in [1.82, 2.24) is 10.2 Å². The van der Waals surface area contributed by atoms with Gasteiger partial charge in [-0.3, -0.25) is 14.5 Å². The van der Waals surface area contributed by atoms with E-state index in [2.05, 4.69) is 36.2 Å². The fourth-order valence-electron chi connectivity index (χ4n) is 8.65. The molecule has 1 heterocycles. The van der Waals surface area contributed by atoms with Crippen LogP contribution in [0.15, 0.2) is 24.3 Å². The van der Waals surface area contributed by atoms with Gasteiger partial charge in [0.15, 0.2) is 0 Å². The van der Waals surface area contributed by atoms with Crippen LogP contribution in [-0.2, 0) is 14.3 Å². The number of fused-ring (bicyclic) bond motifs is 1. The highest BCUT2D eigenvalue weighted by molar-refractivity contribution is 6.30. The number of hydrogen-bond donors (Lipinski definition) is 1. The van der Waals surface area contributed by atoms with Crippen molar-refractivity contribution in [3.8, 4) is 0 Å². The molecule has 1 aromatic carbocycles. The number of amides is 1. The summed E-state index contributed by atoms with van der Waals surface area (Å²) in [5.41, 5.74) is 0.548. The van der Waals surface area contributed by atoms with Gasteiger partial charge in [0.2, 0.25) is 5.91 Å². The third-order valence-electron chi connectivity index (χ3n) is 10.4. The summed E-state index contributed by atoms with van der Waals surface area (Å²) in [5, 5.41) is 4.29. The minimum absolute atomic E-state index is 0.0280. The Morgan fingerprint density at radius 3 is 2.35 bits per heavy atom. The van der Waals surface area contributed by atoms with E-state index >= 15 is 0 Å². The van der Waals surface area contributed by atoms with Crippen LogP contribution in [0.2, 0.25) is 5.02 Å². The molecule has 1 amide bonds. The number of likely N-dealkylation sites (tertiary alicyclic amines) is 1. The van der Waals surface area contributed by atoms with Gasteiger partial charge in [-0.05, 0) is 106 Å². The van der Waals surface area contributed by atoms with Gasteiger partial charge in [0.25, 0.3) is 0 Å². The Hall–Kier alpha value is -1.59. The molecule has 5 aliphatic carbocycles. The zero-order chi connectivity index (χ0) is 23.8. The predicted octanol–water partition coefficient (Wildman–Crippen LogP) is 4.64. The Bertz CT molecular complexity index is 976. The molecule has 2 unspecified atom stereocenters. The first-order valence-electron chi connectivity index (χ1n) is 13.1. The number of benzene rings is 1. The molecule has 1 N–H and O–H groups in total. The lowest BCUT2D eigenvalue weighted by Crippen LogP contribution is -2.64. The van der Waals surface area contributed by atoms with Gasteiger partial charge in [-0.25, -0.2) is 0 Å². The van der Waals surface area contributed by atoms with Crippen LogP contribution in [0, 0.1) is 35.0 Å². The molecule has 6 fully saturated rings. The second-order valence-corrected chi connectivity index (χ2v) is 13.0. The maximum atomic E-state index is 13.7. The maximum Gasteiger partial charge on any atom is 0.311 e. The number of halogens is 1.